The Morgan fingerprint density at radius 1 is 1.29 bits per heavy atom. The van der Waals surface area contributed by atoms with E-state index in [1.807, 2.05) is 18.3 Å². The number of aromatic nitrogens is 1. The molecule has 0 saturated carbocycles. The SMILES string of the molecule is C.C[N+](C)(C)Cc1c[nH]c2c(C=O)cccc12. The Labute approximate surface area is 103 Å². The normalized spacial score (nSPS) is 11.2. The number of carbonyl (C=O) groups excluding carboxylic acids is 1. The van der Waals surface area contributed by atoms with Gasteiger partial charge in [-0.1, -0.05) is 19.6 Å². The van der Waals surface area contributed by atoms with Gasteiger partial charge in [-0.25, -0.2) is 0 Å². The van der Waals surface area contributed by atoms with Crippen LogP contribution in [-0.2, 0) is 6.54 Å². The van der Waals surface area contributed by atoms with Gasteiger partial charge in [-0.2, -0.15) is 0 Å². The zero-order valence-corrected chi connectivity index (χ0v) is 9.95. The fourth-order valence-electron chi connectivity index (χ4n) is 1.98. The molecule has 0 radical (unpaired) electrons. The van der Waals surface area contributed by atoms with Crippen LogP contribution in [0.4, 0.5) is 0 Å². The molecule has 0 aliphatic rings. The summed E-state index contributed by atoms with van der Waals surface area (Å²) < 4.78 is 0.873. The van der Waals surface area contributed by atoms with Crippen LogP contribution in [-0.4, -0.2) is 36.9 Å². The molecule has 0 aliphatic heterocycles. The Kier molecular flexibility index (Phi) is 3.73. The average Bonchev–Trinajstić information content (AvgIpc) is 2.59. The van der Waals surface area contributed by atoms with Crippen molar-refractivity contribution in [2.75, 3.05) is 21.1 Å². The van der Waals surface area contributed by atoms with E-state index in [4.69, 9.17) is 0 Å². The molecule has 2 rings (SSSR count). The van der Waals surface area contributed by atoms with Gasteiger partial charge < -0.3 is 9.47 Å². The highest BCUT2D eigenvalue weighted by molar-refractivity contribution is 5.97. The van der Waals surface area contributed by atoms with Gasteiger partial charge in [0.05, 0.1) is 26.7 Å². The maximum absolute atomic E-state index is 10.9. The van der Waals surface area contributed by atoms with Gasteiger partial charge in [0.25, 0.3) is 0 Å². The molecule has 1 aromatic carbocycles. The van der Waals surface area contributed by atoms with E-state index < -0.39 is 0 Å². The Bertz CT molecular complexity index is 520. The number of rotatable bonds is 3. The molecule has 3 nitrogen and oxygen atoms in total. The molecule has 1 N–H and O–H groups in total. The van der Waals surface area contributed by atoms with Gasteiger partial charge in [0.2, 0.25) is 0 Å². The number of aromatic amines is 1. The number of benzene rings is 1. The largest absolute Gasteiger partial charge is 0.360 e. The number of nitrogens with zero attached hydrogens (tertiary/aromatic N) is 1. The van der Waals surface area contributed by atoms with Crippen molar-refractivity contribution in [3.63, 3.8) is 0 Å². The van der Waals surface area contributed by atoms with Crippen LogP contribution in [0.5, 0.6) is 0 Å². The van der Waals surface area contributed by atoms with Gasteiger partial charge in [0.15, 0.2) is 6.29 Å². The van der Waals surface area contributed by atoms with Crippen LogP contribution in [0.25, 0.3) is 10.9 Å². The van der Waals surface area contributed by atoms with Crippen molar-refractivity contribution in [1.29, 1.82) is 0 Å². The highest BCUT2D eigenvalue weighted by Gasteiger charge is 2.13. The van der Waals surface area contributed by atoms with E-state index in [0.29, 0.717) is 0 Å². The second kappa shape index (κ2) is 4.72. The summed E-state index contributed by atoms with van der Waals surface area (Å²) in [6.45, 7) is 0.947. The smallest absolute Gasteiger partial charge is 0.152 e. The lowest BCUT2D eigenvalue weighted by molar-refractivity contribution is -0.883. The maximum atomic E-state index is 10.9. The van der Waals surface area contributed by atoms with E-state index in [2.05, 4.69) is 32.2 Å². The molecular weight excluding hydrogens is 212 g/mol. The molecule has 0 atom stereocenters. The summed E-state index contributed by atoms with van der Waals surface area (Å²) in [5, 5.41) is 1.15. The predicted octanol–water partition coefficient (Wildman–Crippen LogP) is 2.82. The molecule has 0 bridgehead atoms. The Morgan fingerprint density at radius 3 is 2.59 bits per heavy atom. The number of hydrogen-bond acceptors (Lipinski definition) is 1. The first kappa shape index (κ1) is 13.5. The first-order chi connectivity index (χ1) is 7.51. The van der Waals surface area contributed by atoms with Gasteiger partial charge >= 0.3 is 0 Å². The number of nitrogens with one attached hydrogen (secondary N) is 1. The van der Waals surface area contributed by atoms with Crippen molar-refractivity contribution in [3.05, 3.63) is 35.5 Å². The third-order valence-electron chi connectivity index (χ3n) is 2.61. The molecule has 0 aliphatic carbocycles. The summed E-state index contributed by atoms with van der Waals surface area (Å²) in [5.41, 5.74) is 2.93. The molecule has 1 aromatic heterocycles. The lowest BCUT2D eigenvalue weighted by Crippen LogP contribution is -2.33. The highest BCUT2D eigenvalue weighted by Crippen LogP contribution is 2.22. The van der Waals surface area contributed by atoms with Gasteiger partial charge in [-0.3, -0.25) is 4.79 Å². The lowest BCUT2D eigenvalue weighted by atomic mass is 10.1. The van der Waals surface area contributed by atoms with Crippen LogP contribution in [0, 0.1) is 0 Å². The van der Waals surface area contributed by atoms with Gasteiger partial charge in [-0.15, -0.1) is 0 Å². The number of carbonyl (C=O) groups is 1. The second-order valence-electron chi connectivity index (χ2n) is 5.15. The van der Waals surface area contributed by atoms with Crippen molar-refractivity contribution >= 4 is 17.2 Å². The van der Waals surface area contributed by atoms with Crippen LogP contribution < -0.4 is 0 Å². The molecular formula is C14H21N2O+. The number of H-pyrrole nitrogens is 1. The van der Waals surface area contributed by atoms with Crippen molar-refractivity contribution in [2.45, 2.75) is 14.0 Å². The molecule has 2 aromatic rings. The highest BCUT2D eigenvalue weighted by atomic mass is 16.1. The van der Waals surface area contributed by atoms with Crippen molar-refractivity contribution in [3.8, 4) is 0 Å². The summed E-state index contributed by atoms with van der Waals surface area (Å²) in [4.78, 5) is 14.1. The second-order valence-corrected chi connectivity index (χ2v) is 5.15. The Hall–Kier alpha value is -1.61. The lowest BCUT2D eigenvalue weighted by Gasteiger charge is -2.23. The standard InChI is InChI=1S/C13H16N2O.CH4/c1-15(2,3)8-11-7-14-13-10(9-16)5-4-6-12(11)13;/h4-7,9H,8H2,1-3H3;1H4/p+1. The van der Waals surface area contributed by atoms with E-state index in [1.165, 1.54) is 5.56 Å². The monoisotopic (exact) mass is 233 g/mol. The summed E-state index contributed by atoms with van der Waals surface area (Å²) >= 11 is 0. The number of fused-ring (bicyclic) bond motifs is 1. The maximum Gasteiger partial charge on any atom is 0.152 e. The van der Waals surface area contributed by atoms with Gasteiger partial charge in [0.1, 0.15) is 6.54 Å². The third kappa shape index (κ3) is 2.74. The summed E-state index contributed by atoms with van der Waals surface area (Å²) in [6, 6.07) is 5.82. The number of quaternary nitrogens is 1. The van der Waals surface area contributed by atoms with E-state index in [9.17, 15) is 4.79 Å². The first-order valence-electron chi connectivity index (χ1n) is 5.36. The summed E-state index contributed by atoms with van der Waals surface area (Å²) in [7, 11) is 6.47. The molecule has 0 spiro atoms. The number of aldehydes is 1. The van der Waals surface area contributed by atoms with Crippen molar-refractivity contribution < 1.29 is 9.28 Å². The van der Waals surface area contributed by atoms with Crippen molar-refractivity contribution in [1.82, 2.24) is 4.98 Å². The van der Waals surface area contributed by atoms with E-state index in [-0.39, 0.29) is 7.43 Å². The minimum Gasteiger partial charge on any atom is -0.360 e. The number of para-hydroxylation sites is 1. The summed E-state index contributed by atoms with van der Waals surface area (Å²) in [6.07, 6.45) is 2.90. The molecule has 0 fully saturated rings. The topological polar surface area (TPSA) is 32.9 Å². The molecule has 0 unspecified atom stereocenters. The predicted molar refractivity (Wildman–Crippen MR) is 72.2 cm³/mol. The van der Waals surface area contributed by atoms with Gasteiger partial charge in [0, 0.05) is 22.7 Å². The van der Waals surface area contributed by atoms with Crippen LogP contribution in [0.3, 0.4) is 0 Å². The molecule has 1 heterocycles. The quantitative estimate of drug-likeness (QED) is 0.641. The Morgan fingerprint density at radius 2 is 2.00 bits per heavy atom. The zero-order valence-electron chi connectivity index (χ0n) is 9.95. The van der Waals surface area contributed by atoms with E-state index >= 15 is 0 Å². The third-order valence-corrected chi connectivity index (χ3v) is 2.61. The summed E-state index contributed by atoms with van der Waals surface area (Å²) in [5.74, 6) is 0. The minimum absolute atomic E-state index is 0. The number of hydrogen-bond donors (Lipinski definition) is 1. The average molecular weight is 233 g/mol. The van der Waals surface area contributed by atoms with E-state index in [0.717, 1.165) is 33.8 Å². The molecule has 0 saturated heterocycles. The molecule has 17 heavy (non-hydrogen) atoms. The van der Waals surface area contributed by atoms with Crippen molar-refractivity contribution in [2.24, 2.45) is 0 Å². The molecule has 0 amide bonds. The van der Waals surface area contributed by atoms with Crippen LogP contribution in [0.2, 0.25) is 0 Å². The molecule has 3 heteroatoms. The fourth-order valence-corrected chi connectivity index (χ4v) is 1.98. The van der Waals surface area contributed by atoms with Gasteiger partial charge in [-0.05, 0) is 6.07 Å². The fraction of sp³-hybridized carbons (Fsp3) is 0.357. The molecule has 92 valence electrons. The van der Waals surface area contributed by atoms with Crippen LogP contribution >= 0.6 is 0 Å². The van der Waals surface area contributed by atoms with Crippen LogP contribution in [0.15, 0.2) is 24.4 Å². The first-order valence-corrected chi connectivity index (χ1v) is 5.36. The minimum atomic E-state index is 0. The zero-order chi connectivity index (χ0) is 11.8. The van der Waals surface area contributed by atoms with Crippen LogP contribution in [0.1, 0.15) is 23.3 Å². The Balaban J connectivity index is 0.00000144. The van der Waals surface area contributed by atoms with E-state index in [1.54, 1.807) is 0 Å².